The Kier molecular flexibility index (Phi) is 7.68. The highest BCUT2D eigenvalue weighted by molar-refractivity contribution is 7.99. The number of carbonyl (C=O) groups is 1. The maximum absolute atomic E-state index is 12.1. The molecule has 1 aromatic rings. The van der Waals surface area contributed by atoms with Crippen LogP contribution in [0.4, 0.5) is 0 Å². The van der Waals surface area contributed by atoms with Crippen LogP contribution in [0.25, 0.3) is 0 Å². The molecule has 5 nitrogen and oxygen atoms in total. The van der Waals surface area contributed by atoms with Gasteiger partial charge in [-0.05, 0) is 44.3 Å². The van der Waals surface area contributed by atoms with Crippen LogP contribution < -0.4 is 10.1 Å². The van der Waals surface area contributed by atoms with Crippen molar-refractivity contribution in [3.8, 4) is 5.88 Å². The minimum atomic E-state index is -0.0694. The predicted octanol–water partition coefficient (Wildman–Crippen LogP) is 2.43. The van der Waals surface area contributed by atoms with Crippen LogP contribution in [-0.4, -0.2) is 59.6 Å². The highest BCUT2D eigenvalue weighted by Crippen LogP contribution is 2.21. The molecule has 2 heterocycles. The number of nitrogens with one attached hydrogen (secondary N) is 1. The molecule has 1 aromatic heterocycles. The molecule has 0 bridgehead atoms. The number of ether oxygens (including phenoxy) is 1. The zero-order valence-corrected chi connectivity index (χ0v) is 14.9. The van der Waals surface area contributed by atoms with Crippen molar-refractivity contribution in [3.05, 3.63) is 23.9 Å². The summed E-state index contributed by atoms with van der Waals surface area (Å²) in [5, 5.41) is 2.95. The van der Waals surface area contributed by atoms with Crippen molar-refractivity contribution in [2.75, 3.05) is 37.7 Å². The molecule has 0 radical (unpaired) electrons. The number of aromatic nitrogens is 1. The smallest absolute Gasteiger partial charge is 0.252 e. The molecular weight excluding hydrogens is 310 g/mol. The van der Waals surface area contributed by atoms with Crippen LogP contribution in [0.3, 0.4) is 0 Å². The second-order valence-electron chi connectivity index (χ2n) is 5.62. The van der Waals surface area contributed by atoms with Gasteiger partial charge in [0.25, 0.3) is 5.91 Å². The van der Waals surface area contributed by atoms with Gasteiger partial charge in [-0.1, -0.05) is 13.8 Å². The van der Waals surface area contributed by atoms with E-state index in [1.165, 1.54) is 0 Å². The maximum Gasteiger partial charge on any atom is 0.252 e. The number of carbonyl (C=O) groups excluding carboxylic acids is 1. The van der Waals surface area contributed by atoms with Crippen LogP contribution in [0.2, 0.25) is 0 Å². The summed E-state index contributed by atoms with van der Waals surface area (Å²) in [6, 6.07) is 3.57. The Morgan fingerprint density at radius 3 is 2.87 bits per heavy atom. The van der Waals surface area contributed by atoms with E-state index in [2.05, 4.69) is 29.0 Å². The Morgan fingerprint density at radius 1 is 1.43 bits per heavy atom. The van der Waals surface area contributed by atoms with Gasteiger partial charge in [-0.25, -0.2) is 4.98 Å². The maximum atomic E-state index is 12.1. The molecule has 1 aliphatic heterocycles. The summed E-state index contributed by atoms with van der Waals surface area (Å²) in [5.74, 6) is 2.71. The molecule has 0 aromatic carbocycles. The van der Waals surface area contributed by atoms with Gasteiger partial charge in [0.05, 0.1) is 5.56 Å². The molecule has 1 fully saturated rings. The minimum absolute atomic E-state index is 0.0694. The van der Waals surface area contributed by atoms with Gasteiger partial charge in [0.2, 0.25) is 5.88 Å². The van der Waals surface area contributed by atoms with Crippen molar-refractivity contribution in [2.24, 2.45) is 0 Å². The highest BCUT2D eigenvalue weighted by Gasteiger charge is 2.17. The monoisotopic (exact) mass is 337 g/mol. The fourth-order valence-electron chi connectivity index (χ4n) is 2.51. The first-order valence-corrected chi connectivity index (χ1v) is 9.59. The quantitative estimate of drug-likeness (QED) is 0.702. The lowest BCUT2D eigenvalue weighted by Crippen LogP contribution is -2.30. The number of nitrogens with zero attached hydrogens (tertiary/aromatic N) is 2. The number of hydrogen-bond donors (Lipinski definition) is 1. The fraction of sp³-hybridized carbons (Fsp3) is 0.647. The average molecular weight is 337 g/mol. The Hall–Kier alpha value is -1.27. The van der Waals surface area contributed by atoms with E-state index in [1.54, 1.807) is 18.3 Å². The van der Waals surface area contributed by atoms with E-state index >= 15 is 0 Å². The topological polar surface area (TPSA) is 54.5 Å². The van der Waals surface area contributed by atoms with Crippen molar-refractivity contribution < 1.29 is 9.53 Å². The van der Waals surface area contributed by atoms with Crippen LogP contribution in [0.5, 0.6) is 5.88 Å². The first kappa shape index (κ1) is 18.1. The molecule has 1 N–H and O–H groups in total. The van der Waals surface area contributed by atoms with Gasteiger partial charge in [0, 0.05) is 24.6 Å². The third-order valence-corrected chi connectivity index (χ3v) is 5.14. The molecule has 6 heteroatoms. The van der Waals surface area contributed by atoms with Crippen LogP contribution in [0, 0.1) is 0 Å². The van der Waals surface area contributed by atoms with Gasteiger partial charge >= 0.3 is 0 Å². The molecule has 23 heavy (non-hydrogen) atoms. The van der Waals surface area contributed by atoms with Crippen LogP contribution >= 0.6 is 11.8 Å². The molecule has 1 aliphatic rings. The molecule has 1 amide bonds. The molecule has 2 rings (SSSR count). The summed E-state index contributed by atoms with van der Waals surface area (Å²) in [7, 11) is 0. The number of amides is 1. The molecule has 128 valence electrons. The highest BCUT2D eigenvalue weighted by atomic mass is 32.2. The van der Waals surface area contributed by atoms with Gasteiger partial charge in [-0.2, -0.15) is 11.8 Å². The van der Waals surface area contributed by atoms with Crippen LogP contribution in [0.1, 0.15) is 37.0 Å². The van der Waals surface area contributed by atoms with Gasteiger partial charge in [0.15, 0.2) is 0 Å². The summed E-state index contributed by atoms with van der Waals surface area (Å²) in [6.45, 7) is 8.11. The van der Waals surface area contributed by atoms with E-state index in [9.17, 15) is 4.79 Å². The average Bonchev–Trinajstić information content (AvgIpc) is 3.08. The minimum Gasteiger partial charge on any atom is -0.473 e. The van der Waals surface area contributed by atoms with E-state index in [-0.39, 0.29) is 12.0 Å². The van der Waals surface area contributed by atoms with E-state index in [4.69, 9.17) is 4.74 Å². The number of thioether (sulfide) groups is 1. The predicted molar refractivity (Wildman–Crippen MR) is 95.3 cm³/mol. The second-order valence-corrected chi connectivity index (χ2v) is 6.77. The van der Waals surface area contributed by atoms with Crippen molar-refractivity contribution in [2.45, 2.75) is 32.8 Å². The van der Waals surface area contributed by atoms with Crippen molar-refractivity contribution in [1.29, 1.82) is 0 Å². The molecule has 0 aliphatic carbocycles. The first-order valence-electron chi connectivity index (χ1n) is 8.44. The summed E-state index contributed by atoms with van der Waals surface area (Å²) >= 11 is 1.91. The normalized spacial score (nSPS) is 17.4. The molecule has 1 unspecified atom stereocenters. The third kappa shape index (κ3) is 6.03. The fourth-order valence-corrected chi connectivity index (χ4v) is 3.60. The number of rotatable bonds is 9. The van der Waals surface area contributed by atoms with Gasteiger partial charge in [-0.3, -0.25) is 4.79 Å². The summed E-state index contributed by atoms with van der Waals surface area (Å²) in [6.07, 6.45) is 3.88. The van der Waals surface area contributed by atoms with E-state index in [0.717, 1.165) is 44.0 Å². The number of hydrogen-bond acceptors (Lipinski definition) is 5. The summed E-state index contributed by atoms with van der Waals surface area (Å²) in [5.41, 5.74) is 0.584. The SMILES string of the molecule is CCN(CC)CCCNC(=O)c1ccc(OC2CCSC2)nc1. The van der Waals surface area contributed by atoms with Crippen LogP contribution in [0.15, 0.2) is 18.3 Å². The molecular formula is C17H27N3O2S. The molecule has 1 atom stereocenters. The second kappa shape index (κ2) is 9.78. The lowest BCUT2D eigenvalue weighted by molar-refractivity contribution is 0.0951. The zero-order chi connectivity index (χ0) is 16.5. The van der Waals surface area contributed by atoms with Crippen molar-refractivity contribution in [1.82, 2.24) is 15.2 Å². The Labute approximate surface area is 143 Å². The lowest BCUT2D eigenvalue weighted by atomic mass is 10.2. The molecule has 0 spiro atoms. The standard InChI is InChI=1S/C17H27N3O2S/c1-3-20(4-2)10-5-9-18-17(21)14-6-7-16(19-12-14)22-15-8-11-23-13-15/h6-7,12,15H,3-5,8-11,13H2,1-2H3,(H,18,21). The van der Waals surface area contributed by atoms with Gasteiger partial charge in [0.1, 0.15) is 6.10 Å². The molecule has 0 saturated carbocycles. The van der Waals surface area contributed by atoms with E-state index in [1.807, 2.05) is 11.8 Å². The summed E-state index contributed by atoms with van der Waals surface area (Å²) in [4.78, 5) is 18.7. The van der Waals surface area contributed by atoms with Gasteiger partial charge < -0.3 is 15.0 Å². The van der Waals surface area contributed by atoms with Crippen LogP contribution in [-0.2, 0) is 0 Å². The first-order chi connectivity index (χ1) is 11.2. The lowest BCUT2D eigenvalue weighted by Gasteiger charge is -2.17. The molecule has 1 saturated heterocycles. The Balaban J connectivity index is 1.71. The third-order valence-electron chi connectivity index (χ3n) is 4.00. The van der Waals surface area contributed by atoms with Gasteiger partial charge in [-0.15, -0.1) is 0 Å². The zero-order valence-electron chi connectivity index (χ0n) is 14.1. The van der Waals surface area contributed by atoms with E-state index < -0.39 is 0 Å². The van der Waals surface area contributed by atoms with E-state index in [0.29, 0.717) is 18.0 Å². The number of pyridine rings is 1. The Morgan fingerprint density at radius 2 is 2.26 bits per heavy atom. The van der Waals surface area contributed by atoms with Crippen molar-refractivity contribution >= 4 is 17.7 Å². The largest absolute Gasteiger partial charge is 0.473 e. The Bertz CT molecular complexity index is 471. The van der Waals surface area contributed by atoms with Crippen molar-refractivity contribution in [3.63, 3.8) is 0 Å². The summed E-state index contributed by atoms with van der Waals surface area (Å²) < 4.78 is 5.79.